The van der Waals surface area contributed by atoms with Crippen LogP contribution in [0.1, 0.15) is 25.7 Å². The fraction of sp³-hybridized carbons (Fsp3) is 1.00. The van der Waals surface area contributed by atoms with Crippen molar-refractivity contribution in [1.29, 1.82) is 0 Å². The molecule has 0 aromatic carbocycles. The van der Waals surface area contributed by atoms with Crippen LogP contribution in [-0.2, 0) is 4.74 Å². The van der Waals surface area contributed by atoms with Crippen molar-refractivity contribution >= 4 is 0 Å². The van der Waals surface area contributed by atoms with E-state index >= 15 is 0 Å². The zero-order chi connectivity index (χ0) is 10.7. The van der Waals surface area contributed by atoms with Crippen molar-refractivity contribution in [3.05, 3.63) is 0 Å². The number of hydrogen-bond donors (Lipinski definition) is 1. The molecule has 1 N–H and O–H groups in total. The first-order valence-electron chi connectivity index (χ1n) is 6.19. The van der Waals surface area contributed by atoms with Gasteiger partial charge in [-0.15, -0.1) is 0 Å². The first-order chi connectivity index (χ1) is 7.29. The molecule has 2 unspecified atom stereocenters. The molecule has 2 fully saturated rings. The molecule has 3 heteroatoms. The highest BCUT2D eigenvalue weighted by atomic mass is 16.5. The molecule has 1 saturated carbocycles. The Morgan fingerprint density at radius 3 is 2.87 bits per heavy atom. The van der Waals surface area contributed by atoms with E-state index in [2.05, 4.69) is 4.90 Å². The maximum absolute atomic E-state index is 9.88. The predicted molar refractivity (Wildman–Crippen MR) is 59.8 cm³/mol. The SMILES string of the molecule is COCC1CCCN(CC(O)C2CC2)C1. The highest BCUT2D eigenvalue weighted by molar-refractivity contribution is 4.84. The average Bonchev–Trinajstić information content (AvgIpc) is 3.01. The maximum Gasteiger partial charge on any atom is 0.0695 e. The molecule has 2 aliphatic rings. The number of likely N-dealkylation sites (tertiary alicyclic amines) is 1. The van der Waals surface area contributed by atoms with Gasteiger partial charge in [0.1, 0.15) is 0 Å². The molecular formula is C12H23NO2. The molecular weight excluding hydrogens is 190 g/mol. The number of β-amino-alcohol motifs (C(OH)–C–C–N with tert-alkyl or cyclic N) is 1. The van der Waals surface area contributed by atoms with Crippen LogP contribution in [-0.4, -0.2) is 49.5 Å². The van der Waals surface area contributed by atoms with E-state index in [1.807, 2.05) is 0 Å². The van der Waals surface area contributed by atoms with Crippen LogP contribution in [0.25, 0.3) is 0 Å². The van der Waals surface area contributed by atoms with E-state index in [9.17, 15) is 5.11 Å². The largest absolute Gasteiger partial charge is 0.392 e. The first-order valence-corrected chi connectivity index (χ1v) is 6.19. The standard InChI is InChI=1S/C12H23NO2/c1-15-9-10-3-2-6-13(7-10)8-12(14)11-4-5-11/h10-12,14H,2-9H2,1H3. The van der Waals surface area contributed by atoms with Crippen molar-refractivity contribution < 1.29 is 9.84 Å². The minimum absolute atomic E-state index is 0.0775. The molecule has 0 aromatic rings. The topological polar surface area (TPSA) is 32.7 Å². The highest BCUT2D eigenvalue weighted by Gasteiger charge is 2.31. The summed E-state index contributed by atoms with van der Waals surface area (Å²) < 4.78 is 5.21. The summed E-state index contributed by atoms with van der Waals surface area (Å²) in [4.78, 5) is 2.41. The van der Waals surface area contributed by atoms with Gasteiger partial charge in [-0.1, -0.05) is 0 Å². The van der Waals surface area contributed by atoms with Gasteiger partial charge in [-0.25, -0.2) is 0 Å². The molecule has 1 saturated heterocycles. The van der Waals surface area contributed by atoms with Gasteiger partial charge < -0.3 is 14.7 Å². The molecule has 0 radical (unpaired) electrons. The van der Waals surface area contributed by atoms with E-state index in [1.54, 1.807) is 7.11 Å². The lowest BCUT2D eigenvalue weighted by atomic mass is 9.98. The summed E-state index contributed by atoms with van der Waals surface area (Å²) >= 11 is 0. The Labute approximate surface area is 92.4 Å². The van der Waals surface area contributed by atoms with Crippen LogP contribution >= 0.6 is 0 Å². The Bertz CT molecular complexity index is 192. The van der Waals surface area contributed by atoms with Crippen LogP contribution < -0.4 is 0 Å². The smallest absolute Gasteiger partial charge is 0.0695 e. The summed E-state index contributed by atoms with van der Waals surface area (Å²) in [5.41, 5.74) is 0. The van der Waals surface area contributed by atoms with Crippen molar-refractivity contribution in [3.8, 4) is 0 Å². The molecule has 3 nitrogen and oxygen atoms in total. The number of aliphatic hydroxyl groups is 1. The number of methoxy groups -OCH3 is 1. The number of piperidine rings is 1. The van der Waals surface area contributed by atoms with E-state index < -0.39 is 0 Å². The minimum Gasteiger partial charge on any atom is -0.392 e. The van der Waals surface area contributed by atoms with E-state index in [-0.39, 0.29) is 6.10 Å². The second kappa shape index (κ2) is 5.28. The van der Waals surface area contributed by atoms with Crippen LogP contribution in [0, 0.1) is 11.8 Å². The molecule has 15 heavy (non-hydrogen) atoms. The molecule has 2 atom stereocenters. The Kier molecular flexibility index (Phi) is 4.00. The van der Waals surface area contributed by atoms with Crippen LogP contribution in [0.3, 0.4) is 0 Å². The molecule has 1 aliphatic carbocycles. The molecule has 2 rings (SSSR count). The summed E-state index contributed by atoms with van der Waals surface area (Å²) in [5.74, 6) is 1.28. The second-order valence-corrected chi connectivity index (χ2v) is 5.13. The van der Waals surface area contributed by atoms with Gasteiger partial charge in [0, 0.05) is 20.2 Å². The Morgan fingerprint density at radius 2 is 2.20 bits per heavy atom. The average molecular weight is 213 g/mol. The molecule has 1 aliphatic heterocycles. The number of ether oxygens (including phenoxy) is 1. The Hall–Kier alpha value is -0.120. The van der Waals surface area contributed by atoms with E-state index in [0.29, 0.717) is 11.8 Å². The second-order valence-electron chi connectivity index (χ2n) is 5.13. The van der Waals surface area contributed by atoms with Crippen molar-refractivity contribution in [3.63, 3.8) is 0 Å². The maximum atomic E-state index is 9.88. The third-order valence-corrected chi connectivity index (χ3v) is 3.62. The zero-order valence-electron chi connectivity index (χ0n) is 9.69. The third kappa shape index (κ3) is 3.44. The van der Waals surface area contributed by atoms with E-state index in [0.717, 1.165) is 26.2 Å². The van der Waals surface area contributed by atoms with Crippen LogP contribution in [0.15, 0.2) is 0 Å². The van der Waals surface area contributed by atoms with Crippen molar-refractivity contribution in [2.75, 3.05) is 33.4 Å². The van der Waals surface area contributed by atoms with Gasteiger partial charge >= 0.3 is 0 Å². The zero-order valence-corrected chi connectivity index (χ0v) is 9.69. The van der Waals surface area contributed by atoms with Gasteiger partial charge in [-0.3, -0.25) is 0 Å². The van der Waals surface area contributed by atoms with Crippen LogP contribution in [0.4, 0.5) is 0 Å². The Balaban J connectivity index is 1.71. The molecule has 0 spiro atoms. The van der Waals surface area contributed by atoms with Crippen molar-refractivity contribution in [2.45, 2.75) is 31.8 Å². The van der Waals surface area contributed by atoms with Crippen molar-refractivity contribution in [2.24, 2.45) is 11.8 Å². The van der Waals surface area contributed by atoms with E-state index in [4.69, 9.17) is 4.74 Å². The van der Waals surface area contributed by atoms with Gasteiger partial charge in [0.25, 0.3) is 0 Å². The normalized spacial score (nSPS) is 30.4. The molecule has 0 bridgehead atoms. The lowest BCUT2D eigenvalue weighted by molar-refractivity contribution is 0.0490. The van der Waals surface area contributed by atoms with Gasteiger partial charge in [0.2, 0.25) is 0 Å². The first kappa shape index (κ1) is 11.4. The molecule has 1 heterocycles. The predicted octanol–water partition coefficient (Wildman–Crippen LogP) is 1.12. The van der Waals surface area contributed by atoms with Crippen LogP contribution in [0.5, 0.6) is 0 Å². The lowest BCUT2D eigenvalue weighted by Gasteiger charge is -2.33. The van der Waals surface area contributed by atoms with Gasteiger partial charge in [0.15, 0.2) is 0 Å². The fourth-order valence-corrected chi connectivity index (χ4v) is 2.58. The number of rotatable bonds is 5. The third-order valence-electron chi connectivity index (χ3n) is 3.62. The lowest BCUT2D eigenvalue weighted by Crippen LogP contribution is -2.41. The summed E-state index contributed by atoms with van der Waals surface area (Å²) in [6.45, 7) is 4.02. The van der Waals surface area contributed by atoms with Crippen molar-refractivity contribution in [1.82, 2.24) is 4.90 Å². The summed E-state index contributed by atoms with van der Waals surface area (Å²) in [6.07, 6.45) is 4.92. The van der Waals surface area contributed by atoms with Gasteiger partial charge in [0.05, 0.1) is 12.7 Å². The number of aliphatic hydroxyl groups excluding tert-OH is 1. The highest BCUT2D eigenvalue weighted by Crippen LogP contribution is 2.33. The van der Waals surface area contributed by atoms with Crippen LogP contribution in [0.2, 0.25) is 0 Å². The minimum atomic E-state index is -0.0775. The van der Waals surface area contributed by atoms with Gasteiger partial charge in [-0.2, -0.15) is 0 Å². The summed E-state index contributed by atoms with van der Waals surface area (Å²) in [7, 11) is 1.78. The number of hydrogen-bond acceptors (Lipinski definition) is 3. The number of nitrogens with zero attached hydrogens (tertiary/aromatic N) is 1. The van der Waals surface area contributed by atoms with E-state index in [1.165, 1.54) is 25.7 Å². The molecule has 0 amide bonds. The summed E-state index contributed by atoms with van der Waals surface area (Å²) in [6, 6.07) is 0. The summed E-state index contributed by atoms with van der Waals surface area (Å²) in [5, 5.41) is 9.88. The molecule has 0 aromatic heterocycles. The van der Waals surface area contributed by atoms with Gasteiger partial charge in [-0.05, 0) is 44.1 Å². The Morgan fingerprint density at radius 1 is 1.40 bits per heavy atom. The fourth-order valence-electron chi connectivity index (χ4n) is 2.58. The quantitative estimate of drug-likeness (QED) is 0.743. The monoisotopic (exact) mass is 213 g/mol. The molecule has 88 valence electrons.